The Kier molecular flexibility index (Phi) is 1.52. The van der Waals surface area contributed by atoms with Gasteiger partial charge in [-0.05, 0) is 49.4 Å². The molecule has 68 valence electrons. The number of halogens is 1. The van der Waals surface area contributed by atoms with Crippen LogP contribution in [0.4, 0.5) is 0 Å². The number of rotatable bonds is 0. The highest BCUT2D eigenvalue weighted by Crippen LogP contribution is 2.59. The summed E-state index contributed by atoms with van der Waals surface area (Å²) in [7, 11) is 0. The quantitative estimate of drug-likeness (QED) is 0.574. The fourth-order valence-electron chi connectivity index (χ4n) is 3.98. The molecule has 0 aromatic carbocycles. The van der Waals surface area contributed by atoms with Gasteiger partial charge < -0.3 is 5.11 Å². The minimum atomic E-state index is -0.188. The van der Waals surface area contributed by atoms with Crippen molar-refractivity contribution in [3.8, 4) is 0 Å². The zero-order valence-electron chi connectivity index (χ0n) is 7.12. The third-order valence-electron chi connectivity index (χ3n) is 4.42. The van der Waals surface area contributed by atoms with Gasteiger partial charge in [0.15, 0.2) is 0 Å². The maximum atomic E-state index is 9.86. The number of fused-ring (bicyclic) bond motifs is 5. The van der Waals surface area contributed by atoms with Crippen LogP contribution in [0.1, 0.15) is 25.7 Å². The summed E-state index contributed by atoms with van der Waals surface area (Å²) in [6, 6.07) is 0. The van der Waals surface area contributed by atoms with E-state index in [9.17, 15) is 5.11 Å². The van der Waals surface area contributed by atoms with Crippen molar-refractivity contribution in [2.75, 3.05) is 0 Å². The molecule has 3 aliphatic rings. The molecular weight excluding hydrogens is 172 g/mol. The van der Waals surface area contributed by atoms with Crippen molar-refractivity contribution in [1.29, 1.82) is 0 Å². The number of aliphatic hydroxyl groups is 1. The lowest BCUT2D eigenvalue weighted by Gasteiger charge is -2.26. The molecule has 0 aliphatic heterocycles. The fourth-order valence-corrected chi connectivity index (χ4v) is 4.35. The first-order valence-corrected chi connectivity index (χ1v) is 5.53. The molecule has 6 atom stereocenters. The first kappa shape index (κ1) is 7.64. The van der Waals surface area contributed by atoms with E-state index < -0.39 is 0 Å². The summed E-state index contributed by atoms with van der Waals surface area (Å²) in [6.07, 6.45) is 5.03. The Morgan fingerprint density at radius 3 is 2.58 bits per heavy atom. The molecule has 0 saturated heterocycles. The van der Waals surface area contributed by atoms with Crippen LogP contribution in [0.25, 0.3) is 0 Å². The number of hydrogen-bond acceptors (Lipinski definition) is 1. The molecule has 3 rings (SSSR count). The van der Waals surface area contributed by atoms with E-state index >= 15 is 0 Å². The van der Waals surface area contributed by atoms with Crippen molar-refractivity contribution in [1.82, 2.24) is 0 Å². The van der Waals surface area contributed by atoms with Gasteiger partial charge in [-0.15, -0.1) is 11.6 Å². The van der Waals surface area contributed by atoms with Gasteiger partial charge in [0.25, 0.3) is 0 Å². The maximum absolute atomic E-state index is 9.86. The summed E-state index contributed by atoms with van der Waals surface area (Å²) >= 11 is 6.07. The molecule has 6 unspecified atom stereocenters. The van der Waals surface area contributed by atoms with Crippen molar-refractivity contribution in [2.24, 2.45) is 23.7 Å². The molecule has 2 heteroatoms. The van der Waals surface area contributed by atoms with E-state index in [1.54, 1.807) is 0 Å². The number of aliphatic hydroxyl groups excluding tert-OH is 1. The zero-order chi connectivity index (χ0) is 8.29. The molecule has 12 heavy (non-hydrogen) atoms. The summed E-state index contributed by atoms with van der Waals surface area (Å²) < 4.78 is 0. The monoisotopic (exact) mass is 186 g/mol. The van der Waals surface area contributed by atoms with Gasteiger partial charge in [-0.1, -0.05) is 0 Å². The molecule has 3 aliphatic carbocycles. The molecule has 0 spiro atoms. The Labute approximate surface area is 78.1 Å². The van der Waals surface area contributed by atoms with E-state index in [0.29, 0.717) is 5.92 Å². The van der Waals surface area contributed by atoms with Gasteiger partial charge in [0.1, 0.15) is 0 Å². The van der Waals surface area contributed by atoms with E-state index in [-0.39, 0.29) is 11.5 Å². The average molecular weight is 187 g/mol. The zero-order valence-corrected chi connectivity index (χ0v) is 7.87. The lowest BCUT2D eigenvalue weighted by molar-refractivity contribution is 0.0880. The van der Waals surface area contributed by atoms with Crippen LogP contribution in [0.3, 0.4) is 0 Å². The lowest BCUT2D eigenvalue weighted by atomic mass is 9.81. The van der Waals surface area contributed by atoms with Crippen LogP contribution in [0, 0.1) is 23.7 Å². The third-order valence-corrected chi connectivity index (χ3v) is 4.86. The summed E-state index contributed by atoms with van der Waals surface area (Å²) in [6.45, 7) is 0. The molecule has 0 aromatic heterocycles. The van der Waals surface area contributed by atoms with Gasteiger partial charge in [0.05, 0.1) is 11.5 Å². The van der Waals surface area contributed by atoms with Crippen molar-refractivity contribution in [3.63, 3.8) is 0 Å². The highest BCUT2D eigenvalue weighted by Gasteiger charge is 2.55. The maximum Gasteiger partial charge on any atom is 0.0737 e. The molecule has 3 saturated carbocycles. The van der Waals surface area contributed by atoms with Crippen LogP contribution >= 0.6 is 11.6 Å². The van der Waals surface area contributed by atoms with E-state index in [2.05, 4.69) is 0 Å². The van der Waals surface area contributed by atoms with E-state index in [1.165, 1.54) is 19.3 Å². The Hall–Kier alpha value is 0.250. The molecule has 0 heterocycles. The van der Waals surface area contributed by atoms with Crippen molar-refractivity contribution in [2.45, 2.75) is 37.2 Å². The van der Waals surface area contributed by atoms with E-state index in [4.69, 9.17) is 11.6 Å². The van der Waals surface area contributed by atoms with E-state index in [0.717, 1.165) is 24.2 Å². The number of hydrogen-bond donors (Lipinski definition) is 1. The van der Waals surface area contributed by atoms with Crippen LogP contribution in [0.2, 0.25) is 0 Å². The van der Waals surface area contributed by atoms with Crippen LogP contribution in [0.15, 0.2) is 0 Å². The molecule has 3 fully saturated rings. The molecule has 1 nitrogen and oxygen atoms in total. The molecule has 0 radical (unpaired) electrons. The smallest absolute Gasteiger partial charge is 0.0737 e. The lowest BCUT2D eigenvalue weighted by Crippen LogP contribution is -2.27. The Balaban J connectivity index is 1.90. The topological polar surface area (TPSA) is 20.2 Å². The second-order valence-electron chi connectivity index (χ2n) is 4.82. The molecule has 0 amide bonds. The summed E-state index contributed by atoms with van der Waals surface area (Å²) in [5.41, 5.74) is 0. The van der Waals surface area contributed by atoms with Crippen LogP contribution in [-0.4, -0.2) is 16.6 Å². The Morgan fingerprint density at radius 2 is 1.83 bits per heavy atom. The largest absolute Gasteiger partial charge is 0.391 e. The SMILES string of the molecule is OC1C(Cl)CC2C3CCC(C3)C12. The highest BCUT2D eigenvalue weighted by atomic mass is 35.5. The minimum absolute atomic E-state index is 0.0587. The van der Waals surface area contributed by atoms with Crippen molar-refractivity contribution >= 4 is 11.6 Å². The normalized spacial score (nSPS) is 62.5. The van der Waals surface area contributed by atoms with Crippen LogP contribution in [-0.2, 0) is 0 Å². The molecule has 2 bridgehead atoms. The molecule has 1 N–H and O–H groups in total. The van der Waals surface area contributed by atoms with Gasteiger partial charge in [0.2, 0.25) is 0 Å². The third kappa shape index (κ3) is 0.793. The standard InChI is InChI=1S/C10H15ClO/c11-8-4-7-5-1-2-6(3-5)9(7)10(8)12/h5-10,12H,1-4H2. The van der Waals surface area contributed by atoms with Gasteiger partial charge in [-0.25, -0.2) is 0 Å². The van der Waals surface area contributed by atoms with Gasteiger partial charge in [0, 0.05) is 0 Å². The fraction of sp³-hybridized carbons (Fsp3) is 1.00. The van der Waals surface area contributed by atoms with Gasteiger partial charge in [-0.3, -0.25) is 0 Å². The summed E-state index contributed by atoms with van der Waals surface area (Å²) in [5, 5.41) is 9.92. The van der Waals surface area contributed by atoms with Gasteiger partial charge in [-0.2, -0.15) is 0 Å². The number of alkyl halides is 1. The molecular formula is C10H15ClO. The summed E-state index contributed by atoms with van der Waals surface area (Å²) in [4.78, 5) is 0. The van der Waals surface area contributed by atoms with Crippen molar-refractivity contribution < 1.29 is 5.11 Å². The predicted octanol–water partition coefficient (Wildman–Crippen LogP) is 2.02. The first-order chi connectivity index (χ1) is 5.77. The van der Waals surface area contributed by atoms with Crippen LogP contribution in [0.5, 0.6) is 0 Å². The molecule has 0 aromatic rings. The second kappa shape index (κ2) is 2.39. The van der Waals surface area contributed by atoms with Gasteiger partial charge >= 0.3 is 0 Å². The second-order valence-corrected chi connectivity index (χ2v) is 5.38. The Bertz CT molecular complexity index is 204. The predicted molar refractivity (Wildman–Crippen MR) is 48.1 cm³/mol. The minimum Gasteiger partial charge on any atom is -0.391 e. The Morgan fingerprint density at radius 1 is 1.08 bits per heavy atom. The van der Waals surface area contributed by atoms with Crippen LogP contribution < -0.4 is 0 Å². The van der Waals surface area contributed by atoms with Crippen molar-refractivity contribution in [3.05, 3.63) is 0 Å². The first-order valence-electron chi connectivity index (χ1n) is 5.09. The van der Waals surface area contributed by atoms with E-state index in [1.807, 2.05) is 0 Å². The highest BCUT2D eigenvalue weighted by molar-refractivity contribution is 6.21. The average Bonchev–Trinajstić information content (AvgIpc) is 2.66. The summed E-state index contributed by atoms with van der Waals surface area (Å²) in [5.74, 6) is 3.09.